The number of hydrogen-bond donors (Lipinski definition) is 1. The number of imide groups is 2. The SMILES string of the molecule is CN1CCC(N2C(=O)CC(=O)NC2=O)C1. The maximum absolute atomic E-state index is 11.5. The predicted octanol–water partition coefficient (Wildman–Crippen LogP) is -0.841. The van der Waals surface area contributed by atoms with Crippen LogP contribution in [0.15, 0.2) is 0 Å². The van der Waals surface area contributed by atoms with E-state index in [0.717, 1.165) is 13.0 Å². The Morgan fingerprint density at radius 3 is 2.60 bits per heavy atom. The van der Waals surface area contributed by atoms with Gasteiger partial charge in [0.15, 0.2) is 0 Å². The van der Waals surface area contributed by atoms with Crippen LogP contribution in [0, 0.1) is 0 Å². The summed E-state index contributed by atoms with van der Waals surface area (Å²) in [7, 11) is 1.94. The third kappa shape index (κ3) is 1.85. The topological polar surface area (TPSA) is 69.7 Å². The van der Waals surface area contributed by atoms with Crippen molar-refractivity contribution in [3.05, 3.63) is 0 Å². The molecule has 2 fully saturated rings. The lowest BCUT2D eigenvalue weighted by atomic mass is 10.2. The van der Waals surface area contributed by atoms with Crippen LogP contribution in [0.4, 0.5) is 4.79 Å². The van der Waals surface area contributed by atoms with Gasteiger partial charge in [0.05, 0.1) is 6.04 Å². The van der Waals surface area contributed by atoms with Crippen LogP contribution >= 0.6 is 0 Å². The zero-order valence-corrected chi connectivity index (χ0v) is 8.52. The van der Waals surface area contributed by atoms with Gasteiger partial charge in [0.1, 0.15) is 6.42 Å². The van der Waals surface area contributed by atoms with E-state index in [1.165, 1.54) is 4.90 Å². The second-order valence-electron chi connectivity index (χ2n) is 4.00. The number of hydrogen-bond acceptors (Lipinski definition) is 4. The average Bonchev–Trinajstić information content (AvgIpc) is 2.49. The van der Waals surface area contributed by atoms with Gasteiger partial charge in [-0.05, 0) is 20.0 Å². The highest BCUT2D eigenvalue weighted by atomic mass is 16.2. The summed E-state index contributed by atoms with van der Waals surface area (Å²) >= 11 is 0. The molecule has 0 saturated carbocycles. The summed E-state index contributed by atoms with van der Waals surface area (Å²) in [5.74, 6) is -0.892. The molecular weight excluding hydrogens is 198 g/mol. The quantitative estimate of drug-likeness (QED) is 0.574. The van der Waals surface area contributed by atoms with Crippen molar-refractivity contribution in [3.63, 3.8) is 0 Å². The number of rotatable bonds is 1. The molecule has 6 nitrogen and oxygen atoms in total. The van der Waals surface area contributed by atoms with Gasteiger partial charge >= 0.3 is 6.03 Å². The number of nitrogens with zero attached hydrogens (tertiary/aromatic N) is 2. The molecule has 4 amide bonds. The summed E-state index contributed by atoms with van der Waals surface area (Å²) in [4.78, 5) is 37.2. The Labute approximate surface area is 87.2 Å². The zero-order chi connectivity index (χ0) is 11.0. The maximum atomic E-state index is 11.5. The number of amides is 4. The second-order valence-corrected chi connectivity index (χ2v) is 4.00. The van der Waals surface area contributed by atoms with E-state index in [9.17, 15) is 14.4 Å². The molecule has 2 heterocycles. The molecule has 0 aliphatic carbocycles. The molecule has 0 radical (unpaired) electrons. The Hall–Kier alpha value is -1.43. The van der Waals surface area contributed by atoms with Crippen molar-refractivity contribution in [2.24, 2.45) is 0 Å². The fourth-order valence-electron chi connectivity index (χ4n) is 2.05. The normalized spacial score (nSPS) is 28.5. The molecule has 2 saturated heterocycles. The van der Waals surface area contributed by atoms with Crippen LogP contribution in [0.25, 0.3) is 0 Å². The molecule has 1 unspecified atom stereocenters. The zero-order valence-electron chi connectivity index (χ0n) is 8.52. The Balaban J connectivity index is 2.10. The third-order valence-electron chi connectivity index (χ3n) is 2.78. The van der Waals surface area contributed by atoms with E-state index in [1.54, 1.807) is 0 Å². The minimum atomic E-state index is -0.573. The van der Waals surface area contributed by atoms with E-state index in [2.05, 4.69) is 10.2 Å². The van der Waals surface area contributed by atoms with Crippen molar-refractivity contribution in [1.82, 2.24) is 15.1 Å². The lowest BCUT2D eigenvalue weighted by Crippen LogP contribution is -2.57. The summed E-state index contributed by atoms with van der Waals surface area (Å²) < 4.78 is 0. The number of carbonyl (C=O) groups is 3. The van der Waals surface area contributed by atoms with Gasteiger partial charge in [0.25, 0.3) is 0 Å². The van der Waals surface area contributed by atoms with Gasteiger partial charge in [0, 0.05) is 6.54 Å². The minimum Gasteiger partial charge on any atom is -0.304 e. The van der Waals surface area contributed by atoms with Crippen molar-refractivity contribution in [1.29, 1.82) is 0 Å². The van der Waals surface area contributed by atoms with E-state index >= 15 is 0 Å². The molecule has 0 aromatic carbocycles. The fourth-order valence-corrected chi connectivity index (χ4v) is 2.05. The van der Waals surface area contributed by atoms with Gasteiger partial charge in [-0.2, -0.15) is 0 Å². The largest absolute Gasteiger partial charge is 0.331 e. The monoisotopic (exact) mass is 211 g/mol. The first-order chi connectivity index (χ1) is 7.08. The summed E-state index contributed by atoms with van der Waals surface area (Å²) in [6, 6.07) is -0.660. The van der Waals surface area contributed by atoms with E-state index in [4.69, 9.17) is 0 Å². The van der Waals surface area contributed by atoms with Gasteiger partial charge in [-0.15, -0.1) is 0 Å². The standard InChI is InChI=1S/C9H13N3O3/c1-11-3-2-6(5-11)12-8(14)4-7(13)10-9(12)15/h6H,2-5H2,1H3,(H,10,13,15). The molecule has 0 aromatic rings. The molecule has 1 N–H and O–H groups in total. The van der Waals surface area contributed by atoms with Gasteiger partial charge in [0.2, 0.25) is 11.8 Å². The third-order valence-corrected chi connectivity index (χ3v) is 2.78. The minimum absolute atomic E-state index is 0.0874. The fraction of sp³-hybridized carbons (Fsp3) is 0.667. The lowest BCUT2D eigenvalue weighted by molar-refractivity contribution is -0.137. The molecule has 0 bridgehead atoms. The summed E-state index contributed by atoms with van der Waals surface area (Å²) in [5.41, 5.74) is 0. The smallest absolute Gasteiger partial charge is 0.304 e. The van der Waals surface area contributed by atoms with Crippen LogP contribution in [0.2, 0.25) is 0 Å². The number of urea groups is 1. The van der Waals surface area contributed by atoms with Gasteiger partial charge in [-0.1, -0.05) is 0 Å². The summed E-state index contributed by atoms with van der Waals surface area (Å²) in [6.45, 7) is 1.56. The molecular formula is C9H13N3O3. The number of likely N-dealkylation sites (N-methyl/N-ethyl adjacent to an activating group) is 1. The highest BCUT2D eigenvalue weighted by molar-refractivity contribution is 6.14. The van der Waals surface area contributed by atoms with E-state index in [1.807, 2.05) is 7.05 Å². The van der Waals surface area contributed by atoms with Gasteiger partial charge < -0.3 is 4.90 Å². The van der Waals surface area contributed by atoms with Crippen molar-refractivity contribution >= 4 is 17.8 Å². The predicted molar refractivity (Wildman–Crippen MR) is 50.9 cm³/mol. The number of nitrogens with one attached hydrogen (secondary N) is 1. The first-order valence-electron chi connectivity index (χ1n) is 4.92. The maximum Gasteiger partial charge on any atom is 0.331 e. The Morgan fingerprint density at radius 2 is 2.07 bits per heavy atom. The molecule has 2 aliphatic rings. The van der Waals surface area contributed by atoms with Gasteiger partial charge in [-0.25, -0.2) is 4.79 Å². The Morgan fingerprint density at radius 1 is 1.33 bits per heavy atom. The van der Waals surface area contributed by atoms with Crippen molar-refractivity contribution in [2.75, 3.05) is 20.1 Å². The molecule has 2 rings (SSSR count). The van der Waals surface area contributed by atoms with E-state index < -0.39 is 11.9 Å². The van der Waals surface area contributed by atoms with Crippen LogP contribution in [0.5, 0.6) is 0 Å². The second kappa shape index (κ2) is 3.62. The van der Waals surface area contributed by atoms with Crippen LogP contribution in [-0.2, 0) is 9.59 Å². The molecule has 1 atom stereocenters. The molecule has 15 heavy (non-hydrogen) atoms. The van der Waals surface area contributed by atoms with Crippen LogP contribution in [-0.4, -0.2) is 53.8 Å². The molecule has 2 aliphatic heterocycles. The van der Waals surface area contributed by atoms with E-state index in [0.29, 0.717) is 6.54 Å². The van der Waals surface area contributed by atoms with Crippen molar-refractivity contribution in [2.45, 2.75) is 18.9 Å². The molecule has 0 spiro atoms. The average molecular weight is 211 g/mol. The molecule has 6 heteroatoms. The van der Waals surface area contributed by atoms with Crippen LogP contribution in [0.3, 0.4) is 0 Å². The first-order valence-corrected chi connectivity index (χ1v) is 4.92. The highest BCUT2D eigenvalue weighted by Gasteiger charge is 2.38. The summed E-state index contributed by atoms with van der Waals surface area (Å²) in [5, 5.41) is 2.16. The Kier molecular flexibility index (Phi) is 2.44. The number of carbonyl (C=O) groups excluding carboxylic acids is 3. The lowest BCUT2D eigenvalue weighted by Gasteiger charge is -2.29. The highest BCUT2D eigenvalue weighted by Crippen LogP contribution is 2.17. The summed E-state index contributed by atoms with van der Waals surface area (Å²) in [6.07, 6.45) is 0.565. The van der Waals surface area contributed by atoms with E-state index in [-0.39, 0.29) is 18.4 Å². The Bertz CT molecular complexity index is 309. The molecule has 0 aromatic heterocycles. The van der Waals surface area contributed by atoms with Crippen LogP contribution < -0.4 is 5.32 Å². The van der Waals surface area contributed by atoms with Gasteiger partial charge in [-0.3, -0.25) is 19.8 Å². The van der Waals surface area contributed by atoms with Crippen molar-refractivity contribution < 1.29 is 14.4 Å². The van der Waals surface area contributed by atoms with Crippen molar-refractivity contribution in [3.8, 4) is 0 Å². The number of barbiturate groups is 1. The first kappa shape index (κ1) is 10.1. The molecule has 82 valence electrons. The number of likely N-dealkylation sites (tertiary alicyclic amines) is 1. The van der Waals surface area contributed by atoms with Crippen LogP contribution in [0.1, 0.15) is 12.8 Å².